The molecule has 3 aromatic carbocycles. The summed E-state index contributed by atoms with van der Waals surface area (Å²) in [5.74, 6) is -3.83. The number of hydrogen-bond acceptors (Lipinski definition) is 7. The first-order chi connectivity index (χ1) is 19.7. The summed E-state index contributed by atoms with van der Waals surface area (Å²) >= 11 is 0. The van der Waals surface area contributed by atoms with E-state index >= 15 is 0 Å². The zero-order valence-electron chi connectivity index (χ0n) is 21.7. The molecule has 4 aromatic rings. The number of rotatable bonds is 11. The minimum absolute atomic E-state index is 0.0776. The molecule has 1 amide bonds. The number of nitro benzene ring substituents is 1. The summed E-state index contributed by atoms with van der Waals surface area (Å²) in [6, 6.07) is 18.1. The Morgan fingerprint density at radius 1 is 1.02 bits per heavy atom. The van der Waals surface area contributed by atoms with Crippen LogP contribution in [0.2, 0.25) is 0 Å². The summed E-state index contributed by atoms with van der Waals surface area (Å²) in [7, 11) is 0. The first kappa shape index (κ1) is 28.6. The largest absolute Gasteiger partial charge is 0.491 e. The molecule has 0 fully saturated rings. The number of benzene rings is 3. The van der Waals surface area contributed by atoms with Crippen molar-refractivity contribution in [3.8, 4) is 5.75 Å². The molecule has 0 saturated heterocycles. The van der Waals surface area contributed by atoms with Gasteiger partial charge in [0.1, 0.15) is 23.7 Å². The summed E-state index contributed by atoms with van der Waals surface area (Å²) in [5, 5.41) is 23.8. The Hall–Kier alpha value is -5.39. The van der Waals surface area contributed by atoms with Crippen LogP contribution in [-0.2, 0) is 0 Å². The van der Waals surface area contributed by atoms with Crippen LogP contribution in [0.4, 0.5) is 26.0 Å². The Morgan fingerprint density at radius 2 is 1.78 bits per heavy atom. The number of carbonyl (C=O) groups excluding carboxylic acids is 1. The molecule has 0 saturated carbocycles. The van der Waals surface area contributed by atoms with Crippen molar-refractivity contribution in [2.75, 3.05) is 23.4 Å². The fraction of sp³-hybridized carbons (Fsp3) is 0.138. The number of nitrogens with zero attached hydrogens (tertiary/aromatic N) is 3. The van der Waals surface area contributed by atoms with E-state index in [1.54, 1.807) is 31.2 Å². The Bertz CT molecular complexity index is 1590. The summed E-state index contributed by atoms with van der Waals surface area (Å²) in [5.41, 5.74) is -0.0260. The number of carboxylic acids is 1. The highest BCUT2D eigenvalue weighted by Gasteiger charge is 2.24. The van der Waals surface area contributed by atoms with Gasteiger partial charge in [0, 0.05) is 36.6 Å². The number of aromatic carboxylic acids is 1. The molecule has 0 aliphatic carbocycles. The van der Waals surface area contributed by atoms with Gasteiger partial charge in [-0.15, -0.1) is 0 Å². The molecule has 0 spiro atoms. The Morgan fingerprint density at radius 3 is 2.44 bits per heavy atom. The molecule has 0 aliphatic rings. The van der Waals surface area contributed by atoms with E-state index in [9.17, 15) is 33.6 Å². The van der Waals surface area contributed by atoms with Crippen molar-refractivity contribution in [2.24, 2.45) is 0 Å². The average Bonchev–Trinajstić information content (AvgIpc) is 2.97. The van der Waals surface area contributed by atoms with Gasteiger partial charge in [0.15, 0.2) is 11.6 Å². The van der Waals surface area contributed by atoms with Crippen LogP contribution in [0.1, 0.15) is 39.2 Å². The summed E-state index contributed by atoms with van der Waals surface area (Å²) in [6.45, 7) is 1.78. The van der Waals surface area contributed by atoms with E-state index in [0.29, 0.717) is 0 Å². The predicted octanol–water partition coefficient (Wildman–Crippen LogP) is 5.87. The van der Waals surface area contributed by atoms with Crippen LogP contribution >= 0.6 is 0 Å². The van der Waals surface area contributed by atoms with Gasteiger partial charge in [-0.1, -0.05) is 30.3 Å². The normalized spacial score (nSPS) is 11.4. The van der Waals surface area contributed by atoms with Gasteiger partial charge in [0.2, 0.25) is 0 Å². The third-order valence-electron chi connectivity index (χ3n) is 6.14. The second kappa shape index (κ2) is 12.6. The predicted molar refractivity (Wildman–Crippen MR) is 146 cm³/mol. The van der Waals surface area contributed by atoms with Crippen molar-refractivity contribution in [2.45, 2.75) is 13.0 Å². The fourth-order valence-corrected chi connectivity index (χ4v) is 4.12. The summed E-state index contributed by atoms with van der Waals surface area (Å²) in [4.78, 5) is 41.1. The number of carbonyl (C=O) groups is 2. The second-order valence-corrected chi connectivity index (χ2v) is 8.71. The molecule has 0 aliphatic heterocycles. The van der Waals surface area contributed by atoms with E-state index in [0.717, 1.165) is 29.8 Å². The number of ether oxygens (including phenoxy) is 1. The molecule has 41 heavy (non-hydrogen) atoms. The van der Waals surface area contributed by atoms with Crippen molar-refractivity contribution in [1.82, 2.24) is 4.98 Å². The zero-order valence-corrected chi connectivity index (χ0v) is 21.7. The summed E-state index contributed by atoms with van der Waals surface area (Å²) in [6.07, 6.45) is 1.48. The number of aromatic nitrogens is 1. The number of pyridine rings is 1. The molecule has 0 radical (unpaired) electrons. The quantitative estimate of drug-likeness (QED) is 0.171. The summed E-state index contributed by atoms with van der Waals surface area (Å²) < 4.78 is 33.3. The van der Waals surface area contributed by atoms with Crippen LogP contribution in [0.25, 0.3) is 0 Å². The monoisotopic (exact) mass is 562 g/mol. The van der Waals surface area contributed by atoms with Crippen LogP contribution in [-0.4, -0.2) is 40.0 Å². The van der Waals surface area contributed by atoms with E-state index in [2.05, 4.69) is 10.3 Å². The van der Waals surface area contributed by atoms with Crippen LogP contribution in [0.15, 0.2) is 85.1 Å². The Kier molecular flexibility index (Phi) is 8.82. The third-order valence-corrected chi connectivity index (χ3v) is 6.14. The smallest absolute Gasteiger partial charge is 0.342 e. The van der Waals surface area contributed by atoms with Crippen LogP contribution < -0.4 is 15.0 Å². The van der Waals surface area contributed by atoms with Crippen molar-refractivity contribution in [1.29, 1.82) is 0 Å². The van der Waals surface area contributed by atoms with E-state index in [1.807, 2.05) is 18.2 Å². The number of anilines is 2. The van der Waals surface area contributed by atoms with Gasteiger partial charge in [-0.25, -0.2) is 18.6 Å². The van der Waals surface area contributed by atoms with E-state index in [4.69, 9.17) is 4.74 Å². The minimum atomic E-state index is -1.47. The topological polar surface area (TPSA) is 135 Å². The molecule has 0 unspecified atom stereocenters. The lowest BCUT2D eigenvalue weighted by atomic mass is 10.1. The average molecular weight is 563 g/mol. The fourth-order valence-electron chi connectivity index (χ4n) is 4.12. The van der Waals surface area contributed by atoms with Crippen molar-refractivity contribution in [3.63, 3.8) is 0 Å². The highest BCUT2D eigenvalue weighted by atomic mass is 19.2. The molecule has 0 bridgehead atoms. The molecular weight excluding hydrogens is 538 g/mol. The van der Waals surface area contributed by atoms with Crippen LogP contribution in [0, 0.1) is 21.7 Å². The lowest BCUT2D eigenvalue weighted by Crippen LogP contribution is -2.32. The molecule has 1 heterocycles. The highest BCUT2D eigenvalue weighted by Crippen LogP contribution is 2.28. The number of amides is 1. The molecule has 12 heteroatoms. The number of hydrogen-bond donors (Lipinski definition) is 2. The molecule has 1 atom stereocenters. The second-order valence-electron chi connectivity index (χ2n) is 8.71. The van der Waals surface area contributed by atoms with Crippen molar-refractivity contribution in [3.05, 3.63) is 123 Å². The van der Waals surface area contributed by atoms with Gasteiger partial charge in [0.05, 0.1) is 16.5 Å². The molecule has 1 aromatic heterocycles. The number of carboxylic acid groups (broad SMARTS) is 1. The number of nitro groups is 1. The maximum Gasteiger partial charge on any atom is 0.342 e. The number of halogens is 2. The Labute approximate surface area is 233 Å². The lowest BCUT2D eigenvalue weighted by Gasteiger charge is -2.25. The Balaban J connectivity index is 1.63. The zero-order chi connectivity index (χ0) is 29.5. The first-order valence-corrected chi connectivity index (χ1v) is 12.4. The molecule has 2 N–H and O–H groups in total. The molecule has 4 rings (SSSR count). The minimum Gasteiger partial charge on any atom is -0.491 e. The maximum absolute atomic E-state index is 13.9. The third kappa shape index (κ3) is 6.61. The van der Waals surface area contributed by atoms with Gasteiger partial charge in [-0.3, -0.25) is 14.9 Å². The van der Waals surface area contributed by atoms with Crippen LogP contribution in [0.5, 0.6) is 5.75 Å². The van der Waals surface area contributed by atoms with E-state index < -0.39 is 45.7 Å². The van der Waals surface area contributed by atoms with Gasteiger partial charge >= 0.3 is 5.97 Å². The van der Waals surface area contributed by atoms with Gasteiger partial charge in [-0.05, 0) is 42.8 Å². The molecule has 10 nitrogen and oxygen atoms in total. The molecular formula is C29H24F2N4O6. The SMILES string of the molecule is CCN(C(=O)c1cccnc1N[C@H](COc1ccc([N+](=O)[O-])c(C(=O)O)c1)c1ccccc1)c1ccc(F)c(F)c1. The lowest BCUT2D eigenvalue weighted by molar-refractivity contribution is -0.385. The van der Waals surface area contributed by atoms with Gasteiger partial charge < -0.3 is 20.1 Å². The van der Waals surface area contributed by atoms with Crippen LogP contribution in [0.3, 0.4) is 0 Å². The van der Waals surface area contributed by atoms with E-state index in [-0.39, 0.29) is 36.0 Å². The highest BCUT2D eigenvalue weighted by molar-refractivity contribution is 6.09. The van der Waals surface area contributed by atoms with Crippen molar-refractivity contribution >= 4 is 29.1 Å². The molecule has 210 valence electrons. The first-order valence-electron chi connectivity index (χ1n) is 12.4. The van der Waals surface area contributed by atoms with E-state index in [1.165, 1.54) is 23.2 Å². The standard InChI is InChI=1S/C29H24F2N4O6/c1-2-34(19-10-12-23(30)24(31)15-19)28(36)21-9-6-14-32-27(21)33-25(18-7-4-3-5-8-18)17-41-20-11-13-26(35(39)40)22(16-20)29(37)38/h3-16,25H,2,17H2,1H3,(H,32,33)(H,37,38)/t25-/m1/s1. The van der Waals surface area contributed by atoms with Crippen molar-refractivity contribution < 1.29 is 33.1 Å². The van der Waals surface area contributed by atoms with Gasteiger partial charge in [-0.2, -0.15) is 0 Å². The van der Waals surface area contributed by atoms with Gasteiger partial charge in [0.25, 0.3) is 11.6 Å². The number of nitrogens with one attached hydrogen (secondary N) is 1. The maximum atomic E-state index is 13.9.